The molecule has 0 saturated carbocycles. The van der Waals surface area contributed by atoms with Gasteiger partial charge >= 0.3 is 35.5 Å². The van der Waals surface area contributed by atoms with E-state index in [0.29, 0.717) is 19.5 Å². The molecule has 0 atom stereocenters. The van der Waals surface area contributed by atoms with Gasteiger partial charge in [-0.05, 0) is 25.2 Å². The summed E-state index contributed by atoms with van der Waals surface area (Å²) in [5, 5.41) is 29.0. The Bertz CT molecular complexity index is 336. The van der Waals surface area contributed by atoms with Crippen molar-refractivity contribution in [1.82, 2.24) is 4.90 Å². The van der Waals surface area contributed by atoms with Crippen molar-refractivity contribution >= 4 is 11.9 Å². The molecule has 0 heterocycles. The third-order valence-electron chi connectivity index (χ3n) is 2.94. The van der Waals surface area contributed by atoms with Crippen molar-refractivity contribution in [3.8, 4) is 0 Å². The van der Waals surface area contributed by atoms with Gasteiger partial charge in [-0.3, -0.25) is 14.7 Å². The first-order valence-electron chi connectivity index (χ1n) is 7.53. The standard InChI is InChI=1S/C15H28N2O4.Na/c1-2-3-4-5-6-8-14(19)16-13-17(10-7-12-18)11-9-15(20)21;/h6,8,18H,2-5,7,9-13H2,1H3,(H,16,19)(H,20,21);/q;+1/p-1/b8-6+;. The molecule has 0 rings (SSSR count). The van der Waals surface area contributed by atoms with E-state index >= 15 is 0 Å². The molecule has 6 nitrogen and oxygen atoms in total. The number of aliphatic imine (C=N–C) groups is 1. The Balaban J connectivity index is 0. The average molecular weight is 322 g/mol. The van der Waals surface area contributed by atoms with E-state index in [-0.39, 0.29) is 55.2 Å². The maximum atomic E-state index is 11.5. The number of carboxylic acid groups (broad SMARTS) is 1. The molecule has 0 aromatic carbocycles. The minimum absolute atomic E-state index is 0. The molecule has 0 saturated heterocycles. The average Bonchev–Trinajstić information content (AvgIpc) is 2.46. The van der Waals surface area contributed by atoms with E-state index in [1.54, 1.807) is 4.90 Å². The van der Waals surface area contributed by atoms with Crippen molar-refractivity contribution < 1.29 is 49.7 Å². The quantitative estimate of drug-likeness (QED) is 0.177. The SMILES string of the molecule is CCCCC/C=C/C([O-])=NCN(CCCO)CCC(=O)O.[Na+]. The maximum absolute atomic E-state index is 11.5. The van der Waals surface area contributed by atoms with E-state index in [1.807, 2.05) is 6.08 Å². The van der Waals surface area contributed by atoms with Gasteiger partial charge in [0, 0.05) is 19.7 Å². The fourth-order valence-electron chi connectivity index (χ4n) is 1.72. The maximum Gasteiger partial charge on any atom is 1.00 e. The van der Waals surface area contributed by atoms with Crippen molar-refractivity contribution in [2.45, 2.75) is 45.4 Å². The predicted molar refractivity (Wildman–Crippen MR) is 81.1 cm³/mol. The van der Waals surface area contributed by atoms with Crippen LogP contribution in [0.15, 0.2) is 17.1 Å². The monoisotopic (exact) mass is 322 g/mol. The molecule has 0 unspecified atom stereocenters. The first kappa shape index (κ1) is 23.9. The van der Waals surface area contributed by atoms with Crippen LogP contribution in [0, 0.1) is 0 Å². The van der Waals surface area contributed by atoms with E-state index in [4.69, 9.17) is 10.2 Å². The summed E-state index contributed by atoms with van der Waals surface area (Å²) in [4.78, 5) is 16.2. The Morgan fingerprint density at radius 1 is 1.27 bits per heavy atom. The number of hydrogen-bond donors (Lipinski definition) is 2. The first-order chi connectivity index (χ1) is 10.1. The van der Waals surface area contributed by atoms with Crippen LogP contribution in [0.1, 0.15) is 45.4 Å². The zero-order chi connectivity index (χ0) is 15.9. The normalized spacial score (nSPS) is 11.9. The van der Waals surface area contributed by atoms with E-state index < -0.39 is 5.97 Å². The molecule has 0 aliphatic carbocycles. The topological polar surface area (TPSA) is 96.2 Å². The van der Waals surface area contributed by atoms with Gasteiger partial charge in [0.15, 0.2) is 0 Å². The largest absolute Gasteiger partial charge is 1.00 e. The van der Waals surface area contributed by atoms with Gasteiger partial charge in [0.25, 0.3) is 0 Å². The molecule has 0 aromatic heterocycles. The number of unbranched alkanes of at least 4 members (excludes halogenated alkanes) is 3. The molecule has 122 valence electrons. The molecule has 0 aliphatic heterocycles. The minimum atomic E-state index is -0.883. The van der Waals surface area contributed by atoms with Crippen LogP contribution in [0.25, 0.3) is 0 Å². The van der Waals surface area contributed by atoms with E-state index in [0.717, 1.165) is 25.7 Å². The van der Waals surface area contributed by atoms with Crippen LogP contribution in [0.4, 0.5) is 0 Å². The molecule has 0 aromatic rings. The molecule has 0 radical (unpaired) electrons. The van der Waals surface area contributed by atoms with Gasteiger partial charge in [0.2, 0.25) is 0 Å². The van der Waals surface area contributed by atoms with Crippen LogP contribution in [0.3, 0.4) is 0 Å². The second-order valence-corrected chi connectivity index (χ2v) is 4.87. The summed E-state index contributed by atoms with van der Waals surface area (Å²) < 4.78 is 0. The Labute approximate surface area is 155 Å². The zero-order valence-corrected chi connectivity index (χ0v) is 15.8. The minimum Gasteiger partial charge on any atom is -0.859 e. The molecule has 22 heavy (non-hydrogen) atoms. The molecule has 0 amide bonds. The van der Waals surface area contributed by atoms with Gasteiger partial charge in [-0.1, -0.05) is 31.9 Å². The molecule has 0 aliphatic rings. The van der Waals surface area contributed by atoms with Crippen LogP contribution < -0.4 is 34.7 Å². The summed E-state index contributed by atoms with van der Waals surface area (Å²) in [5.74, 6) is -1.18. The fourth-order valence-corrected chi connectivity index (χ4v) is 1.72. The predicted octanol–water partition coefficient (Wildman–Crippen LogP) is -2.00. The van der Waals surface area contributed by atoms with Crippen molar-refractivity contribution in [2.75, 3.05) is 26.4 Å². The van der Waals surface area contributed by atoms with E-state index in [9.17, 15) is 9.90 Å². The second kappa shape index (κ2) is 17.0. The fraction of sp³-hybridized carbons (Fsp3) is 0.733. The van der Waals surface area contributed by atoms with Gasteiger partial charge in [0.05, 0.1) is 13.1 Å². The Hall–Kier alpha value is -0.400. The van der Waals surface area contributed by atoms with Gasteiger partial charge in [-0.25, -0.2) is 0 Å². The Morgan fingerprint density at radius 3 is 2.59 bits per heavy atom. The van der Waals surface area contributed by atoms with E-state index in [2.05, 4.69) is 11.9 Å². The van der Waals surface area contributed by atoms with Gasteiger partial charge in [-0.2, -0.15) is 0 Å². The molecule has 0 fully saturated rings. The summed E-state index contributed by atoms with van der Waals surface area (Å²) in [6, 6.07) is 0. The number of aliphatic carboxylic acids is 1. The number of aliphatic hydroxyl groups is 1. The molecule has 2 N–H and O–H groups in total. The third kappa shape index (κ3) is 16.0. The number of nitrogens with zero attached hydrogens (tertiary/aromatic N) is 2. The number of hydrogen-bond acceptors (Lipinski definition) is 5. The number of allylic oxidation sites excluding steroid dienone is 1. The molecular formula is C15H27N2NaO4. The smallest absolute Gasteiger partial charge is 0.859 e. The van der Waals surface area contributed by atoms with Crippen LogP contribution >= 0.6 is 0 Å². The molecule has 7 heteroatoms. The van der Waals surface area contributed by atoms with Crippen molar-refractivity contribution in [3.05, 3.63) is 12.2 Å². The summed E-state index contributed by atoms with van der Waals surface area (Å²) in [6.07, 6.45) is 8.09. The number of carbonyl (C=O) groups is 1. The van der Waals surface area contributed by atoms with Gasteiger partial charge < -0.3 is 15.3 Å². The first-order valence-corrected chi connectivity index (χ1v) is 7.53. The van der Waals surface area contributed by atoms with Crippen LogP contribution in [-0.2, 0) is 4.79 Å². The summed E-state index contributed by atoms with van der Waals surface area (Å²) >= 11 is 0. The Morgan fingerprint density at radius 2 is 2.00 bits per heavy atom. The molecular weight excluding hydrogens is 295 g/mol. The summed E-state index contributed by atoms with van der Waals surface area (Å²) in [5.41, 5.74) is 0. The van der Waals surface area contributed by atoms with Gasteiger partial charge in [0.1, 0.15) is 0 Å². The van der Waals surface area contributed by atoms with Crippen LogP contribution in [-0.4, -0.2) is 53.3 Å². The summed E-state index contributed by atoms with van der Waals surface area (Å²) in [7, 11) is 0. The van der Waals surface area contributed by atoms with Crippen LogP contribution in [0.2, 0.25) is 0 Å². The number of carboxylic acids is 1. The molecule has 0 spiro atoms. The van der Waals surface area contributed by atoms with Crippen LogP contribution in [0.5, 0.6) is 0 Å². The number of rotatable bonds is 13. The molecule has 0 bridgehead atoms. The Kier molecular flexibility index (Phi) is 18.4. The number of aliphatic hydroxyl groups excluding tert-OH is 1. The van der Waals surface area contributed by atoms with E-state index in [1.165, 1.54) is 6.08 Å². The van der Waals surface area contributed by atoms with Crippen molar-refractivity contribution in [1.29, 1.82) is 0 Å². The second-order valence-electron chi connectivity index (χ2n) is 4.87. The zero-order valence-electron chi connectivity index (χ0n) is 13.8. The summed E-state index contributed by atoms with van der Waals surface area (Å²) in [6.45, 7) is 3.19. The van der Waals surface area contributed by atoms with Crippen molar-refractivity contribution in [3.63, 3.8) is 0 Å². The third-order valence-corrected chi connectivity index (χ3v) is 2.94. The van der Waals surface area contributed by atoms with Gasteiger partial charge in [-0.15, -0.1) is 0 Å². The van der Waals surface area contributed by atoms with Crippen molar-refractivity contribution in [2.24, 2.45) is 4.99 Å².